The number of rotatable bonds is 5. The lowest BCUT2D eigenvalue weighted by Crippen LogP contribution is -2.17. The van der Waals surface area contributed by atoms with Crippen LogP contribution < -0.4 is 11.1 Å². The van der Waals surface area contributed by atoms with Gasteiger partial charge in [-0.1, -0.05) is 6.07 Å². The first-order valence-corrected chi connectivity index (χ1v) is 6.29. The van der Waals surface area contributed by atoms with Gasteiger partial charge in [0.25, 0.3) is 0 Å². The largest absolute Gasteiger partial charge is 0.454 e. The molecule has 0 aliphatic rings. The number of esters is 1. The van der Waals surface area contributed by atoms with E-state index in [0.29, 0.717) is 5.69 Å². The molecule has 0 fully saturated rings. The van der Waals surface area contributed by atoms with Crippen molar-refractivity contribution >= 4 is 23.3 Å². The van der Waals surface area contributed by atoms with Crippen molar-refractivity contribution in [2.75, 3.05) is 11.9 Å². The number of nitriles is 1. The van der Waals surface area contributed by atoms with E-state index in [1.807, 2.05) is 0 Å². The van der Waals surface area contributed by atoms with Crippen molar-refractivity contribution in [1.29, 1.82) is 5.26 Å². The molecule has 0 unspecified atom stereocenters. The molecule has 7 heteroatoms. The van der Waals surface area contributed by atoms with E-state index in [1.165, 1.54) is 26.0 Å². The number of Topliss-reactive ketones (excluding diaryl/α,β-unsaturated/α-hetero) is 1. The summed E-state index contributed by atoms with van der Waals surface area (Å²) in [5, 5.41) is 11.3. The number of carbonyl (C=O) groups excluding carboxylic acids is 3. The van der Waals surface area contributed by atoms with E-state index < -0.39 is 18.4 Å². The van der Waals surface area contributed by atoms with Crippen molar-refractivity contribution in [3.8, 4) is 6.07 Å². The van der Waals surface area contributed by atoms with Crippen molar-refractivity contribution in [1.82, 2.24) is 0 Å². The van der Waals surface area contributed by atoms with Crippen LogP contribution in [0.15, 0.2) is 35.5 Å². The van der Waals surface area contributed by atoms with Crippen LogP contribution in [0.3, 0.4) is 0 Å². The second kappa shape index (κ2) is 7.59. The molecule has 1 aromatic rings. The number of benzene rings is 1. The van der Waals surface area contributed by atoms with Gasteiger partial charge in [0.05, 0.1) is 5.56 Å². The maximum absolute atomic E-state index is 11.9. The summed E-state index contributed by atoms with van der Waals surface area (Å²) in [4.78, 5) is 34.5. The molecular formula is C15H15N3O4. The Bertz CT molecular complexity index is 682. The topological polar surface area (TPSA) is 122 Å². The highest BCUT2D eigenvalue weighted by atomic mass is 16.5. The van der Waals surface area contributed by atoms with E-state index in [4.69, 9.17) is 15.7 Å². The zero-order valence-electron chi connectivity index (χ0n) is 12.2. The molecule has 114 valence electrons. The Morgan fingerprint density at radius 3 is 2.55 bits per heavy atom. The number of allylic oxidation sites excluding steroid dienone is 1. The number of nitrogens with one attached hydrogen (secondary N) is 1. The minimum atomic E-state index is -0.743. The summed E-state index contributed by atoms with van der Waals surface area (Å²) in [6, 6.07) is 7.73. The average molecular weight is 301 g/mol. The van der Waals surface area contributed by atoms with Gasteiger partial charge in [-0.2, -0.15) is 5.26 Å². The lowest BCUT2D eigenvalue weighted by molar-refractivity contribution is -0.118. The minimum Gasteiger partial charge on any atom is -0.454 e. The number of carbonyl (C=O) groups is 3. The van der Waals surface area contributed by atoms with Crippen LogP contribution >= 0.6 is 0 Å². The van der Waals surface area contributed by atoms with Gasteiger partial charge in [-0.15, -0.1) is 0 Å². The molecule has 0 aliphatic carbocycles. The highest BCUT2D eigenvalue weighted by Gasteiger charge is 2.15. The van der Waals surface area contributed by atoms with Gasteiger partial charge in [0.2, 0.25) is 11.7 Å². The fourth-order valence-corrected chi connectivity index (χ4v) is 1.58. The summed E-state index contributed by atoms with van der Waals surface area (Å²) in [5.74, 6) is -1.69. The Morgan fingerprint density at radius 2 is 2.00 bits per heavy atom. The predicted octanol–water partition coefficient (Wildman–Crippen LogP) is 1.13. The van der Waals surface area contributed by atoms with Crippen molar-refractivity contribution < 1.29 is 19.1 Å². The zero-order valence-corrected chi connectivity index (χ0v) is 12.2. The summed E-state index contributed by atoms with van der Waals surface area (Å²) < 4.78 is 4.84. The molecule has 1 amide bonds. The van der Waals surface area contributed by atoms with E-state index in [0.717, 1.165) is 0 Å². The quantitative estimate of drug-likeness (QED) is 0.477. The number of nitrogens with zero attached hydrogens (tertiary/aromatic N) is 1. The zero-order chi connectivity index (χ0) is 16.7. The Labute approximate surface area is 127 Å². The van der Waals surface area contributed by atoms with Crippen LogP contribution in [0, 0.1) is 11.3 Å². The standard InChI is InChI=1S/C15H15N3O4/c1-9(17)13(7-16)14(20)8-22-15(21)11-4-3-5-12(6-11)18-10(2)19/h3-6H,8,17H2,1-2H3,(H,18,19). The minimum absolute atomic E-state index is 0.0659. The molecule has 0 radical (unpaired) electrons. The first kappa shape index (κ1) is 16.9. The molecule has 1 aromatic carbocycles. The first-order valence-electron chi connectivity index (χ1n) is 6.29. The molecular weight excluding hydrogens is 286 g/mol. The molecule has 0 heterocycles. The number of anilines is 1. The van der Waals surface area contributed by atoms with Crippen molar-refractivity contribution in [2.45, 2.75) is 13.8 Å². The van der Waals surface area contributed by atoms with Crippen LogP contribution in [0.2, 0.25) is 0 Å². The van der Waals surface area contributed by atoms with Gasteiger partial charge in [0.15, 0.2) is 6.61 Å². The molecule has 22 heavy (non-hydrogen) atoms. The van der Waals surface area contributed by atoms with Crippen molar-refractivity contribution in [3.63, 3.8) is 0 Å². The van der Waals surface area contributed by atoms with Gasteiger partial charge in [0.1, 0.15) is 11.6 Å². The molecule has 0 atom stereocenters. The van der Waals surface area contributed by atoms with Crippen LogP contribution in [-0.4, -0.2) is 24.3 Å². The van der Waals surface area contributed by atoms with Crippen LogP contribution in [-0.2, 0) is 14.3 Å². The highest BCUT2D eigenvalue weighted by Crippen LogP contribution is 2.12. The monoisotopic (exact) mass is 301 g/mol. The fourth-order valence-electron chi connectivity index (χ4n) is 1.58. The Morgan fingerprint density at radius 1 is 1.32 bits per heavy atom. The summed E-state index contributed by atoms with van der Waals surface area (Å²) in [6.45, 7) is 2.17. The van der Waals surface area contributed by atoms with E-state index >= 15 is 0 Å². The van der Waals surface area contributed by atoms with E-state index in [9.17, 15) is 14.4 Å². The van der Waals surface area contributed by atoms with Gasteiger partial charge in [-0.25, -0.2) is 4.79 Å². The molecule has 0 spiro atoms. The number of ketones is 1. The second-order valence-corrected chi connectivity index (χ2v) is 4.43. The maximum Gasteiger partial charge on any atom is 0.338 e. The van der Waals surface area contributed by atoms with Crippen LogP contribution in [0.4, 0.5) is 5.69 Å². The molecule has 0 bridgehead atoms. The van der Waals surface area contributed by atoms with Gasteiger partial charge < -0.3 is 15.8 Å². The molecule has 0 saturated carbocycles. The summed E-state index contributed by atoms with van der Waals surface area (Å²) >= 11 is 0. The molecule has 0 saturated heterocycles. The summed E-state index contributed by atoms with van der Waals surface area (Å²) in [7, 11) is 0. The maximum atomic E-state index is 11.9. The third-order valence-electron chi connectivity index (χ3n) is 2.54. The normalized spacial score (nSPS) is 11.0. The van der Waals surface area contributed by atoms with Crippen molar-refractivity contribution in [3.05, 3.63) is 41.1 Å². The summed E-state index contributed by atoms with van der Waals surface area (Å²) in [5.41, 5.74) is 5.82. The Kier molecular flexibility index (Phi) is 5.84. The fraction of sp³-hybridized carbons (Fsp3) is 0.200. The van der Waals surface area contributed by atoms with Gasteiger partial charge in [-0.3, -0.25) is 9.59 Å². The second-order valence-electron chi connectivity index (χ2n) is 4.43. The molecule has 1 rings (SSSR count). The number of hydrogen-bond donors (Lipinski definition) is 2. The Hall–Kier alpha value is -3.14. The van der Waals surface area contributed by atoms with Crippen molar-refractivity contribution in [2.24, 2.45) is 5.73 Å². The lowest BCUT2D eigenvalue weighted by atomic mass is 10.1. The molecule has 0 aliphatic heterocycles. The highest BCUT2D eigenvalue weighted by molar-refractivity contribution is 6.02. The third-order valence-corrected chi connectivity index (χ3v) is 2.54. The predicted molar refractivity (Wildman–Crippen MR) is 78.5 cm³/mol. The lowest BCUT2D eigenvalue weighted by Gasteiger charge is -2.06. The molecule has 7 nitrogen and oxygen atoms in total. The molecule has 3 N–H and O–H groups in total. The number of nitrogens with two attached hydrogens (primary N) is 1. The van der Waals surface area contributed by atoms with Gasteiger partial charge in [0, 0.05) is 18.3 Å². The third kappa shape index (κ3) is 4.76. The first-order chi connectivity index (χ1) is 10.3. The van der Waals surface area contributed by atoms with Gasteiger partial charge >= 0.3 is 5.97 Å². The van der Waals surface area contributed by atoms with Crippen LogP contribution in [0.25, 0.3) is 0 Å². The number of hydrogen-bond acceptors (Lipinski definition) is 6. The van der Waals surface area contributed by atoms with Crippen LogP contribution in [0.5, 0.6) is 0 Å². The van der Waals surface area contributed by atoms with E-state index in [1.54, 1.807) is 18.2 Å². The smallest absolute Gasteiger partial charge is 0.338 e. The number of amides is 1. The van der Waals surface area contributed by atoms with Crippen LogP contribution in [0.1, 0.15) is 24.2 Å². The molecule has 0 aromatic heterocycles. The Balaban J connectivity index is 2.75. The van der Waals surface area contributed by atoms with E-state index in [2.05, 4.69) is 5.32 Å². The average Bonchev–Trinajstić information content (AvgIpc) is 2.44. The number of ether oxygens (including phenoxy) is 1. The van der Waals surface area contributed by atoms with Gasteiger partial charge in [-0.05, 0) is 25.1 Å². The summed E-state index contributed by atoms with van der Waals surface area (Å²) in [6.07, 6.45) is 0. The van der Waals surface area contributed by atoms with E-state index in [-0.39, 0.29) is 22.7 Å². The SMILES string of the molecule is CC(=O)Nc1cccc(C(=O)OCC(=O)C(C#N)=C(C)N)c1.